The van der Waals surface area contributed by atoms with E-state index in [1.165, 1.54) is 13.2 Å². The van der Waals surface area contributed by atoms with Gasteiger partial charge in [-0.1, -0.05) is 29.8 Å². The Morgan fingerprint density at radius 1 is 1.36 bits per heavy atom. The molecule has 0 bridgehead atoms. The molecule has 3 nitrogen and oxygen atoms in total. The fourth-order valence-corrected chi connectivity index (χ4v) is 1.02. The summed E-state index contributed by atoms with van der Waals surface area (Å²) in [4.78, 5) is 10.9. The first kappa shape index (κ1) is 10.3. The van der Waals surface area contributed by atoms with Crippen molar-refractivity contribution in [2.45, 2.75) is 6.92 Å². The molecule has 1 aromatic carbocycles. The normalized spacial score (nSPS) is 11.1. The zero-order valence-corrected chi connectivity index (χ0v) is 8.28. The number of esters is 1. The lowest BCUT2D eigenvalue weighted by molar-refractivity contribution is -0.134. The van der Waals surface area contributed by atoms with Crippen molar-refractivity contribution in [1.29, 1.82) is 0 Å². The van der Waals surface area contributed by atoms with Crippen LogP contribution in [0.1, 0.15) is 11.1 Å². The Morgan fingerprint density at radius 3 is 2.43 bits per heavy atom. The third kappa shape index (κ3) is 2.62. The predicted octanol–water partition coefficient (Wildman–Crippen LogP) is 1.47. The van der Waals surface area contributed by atoms with E-state index in [-0.39, 0.29) is 0 Å². The minimum Gasteiger partial charge on any atom is -0.466 e. The summed E-state index contributed by atoms with van der Waals surface area (Å²) >= 11 is 0. The molecule has 0 radical (unpaired) electrons. The van der Waals surface area contributed by atoms with Crippen molar-refractivity contribution in [3.8, 4) is 0 Å². The van der Waals surface area contributed by atoms with Crippen LogP contribution in [-0.2, 0) is 9.53 Å². The quantitative estimate of drug-likeness (QED) is 0.569. The van der Waals surface area contributed by atoms with Gasteiger partial charge in [-0.15, -0.1) is 0 Å². The standard InChI is InChI=1S/C11H13NO2/c1-8-3-5-9(6-4-8)10(12)7-11(13)14-2/h3-7H,12H2,1-2H3/b10-7-. The van der Waals surface area contributed by atoms with E-state index in [1.54, 1.807) is 0 Å². The first-order valence-corrected chi connectivity index (χ1v) is 4.25. The van der Waals surface area contributed by atoms with Crippen LogP contribution in [-0.4, -0.2) is 13.1 Å². The third-order valence-electron chi connectivity index (χ3n) is 1.86. The Kier molecular flexibility index (Phi) is 3.29. The second-order valence-corrected chi connectivity index (χ2v) is 2.99. The molecule has 1 rings (SSSR count). The van der Waals surface area contributed by atoms with E-state index in [9.17, 15) is 4.79 Å². The Balaban J connectivity index is 2.89. The molecule has 0 spiro atoms. The summed E-state index contributed by atoms with van der Waals surface area (Å²) in [6, 6.07) is 7.61. The largest absolute Gasteiger partial charge is 0.466 e. The van der Waals surface area contributed by atoms with Crippen LogP contribution in [0.5, 0.6) is 0 Å². The van der Waals surface area contributed by atoms with Gasteiger partial charge in [-0.2, -0.15) is 0 Å². The molecule has 3 heteroatoms. The highest BCUT2D eigenvalue weighted by Gasteiger charge is 1.99. The topological polar surface area (TPSA) is 52.3 Å². The summed E-state index contributed by atoms with van der Waals surface area (Å²) in [6.07, 6.45) is 1.27. The lowest BCUT2D eigenvalue weighted by atomic mass is 10.1. The molecule has 0 heterocycles. The molecule has 1 aromatic rings. The monoisotopic (exact) mass is 191 g/mol. The molecule has 0 unspecified atom stereocenters. The second kappa shape index (κ2) is 4.46. The van der Waals surface area contributed by atoms with Crippen molar-refractivity contribution in [3.63, 3.8) is 0 Å². The predicted molar refractivity (Wildman–Crippen MR) is 55.4 cm³/mol. The van der Waals surface area contributed by atoms with Crippen molar-refractivity contribution >= 4 is 11.7 Å². The van der Waals surface area contributed by atoms with E-state index in [4.69, 9.17) is 5.73 Å². The molecule has 0 aliphatic heterocycles. The molecule has 0 aliphatic rings. The Bertz CT molecular complexity index is 352. The molecular weight excluding hydrogens is 178 g/mol. The maximum atomic E-state index is 10.9. The van der Waals surface area contributed by atoms with E-state index in [1.807, 2.05) is 31.2 Å². The van der Waals surface area contributed by atoms with Gasteiger partial charge in [0.25, 0.3) is 0 Å². The van der Waals surface area contributed by atoms with Crippen LogP contribution in [0.25, 0.3) is 5.70 Å². The number of carbonyl (C=O) groups excluding carboxylic acids is 1. The average molecular weight is 191 g/mol. The molecule has 0 saturated heterocycles. The number of methoxy groups -OCH3 is 1. The highest BCUT2D eigenvalue weighted by Crippen LogP contribution is 2.09. The molecular formula is C11H13NO2. The summed E-state index contributed by atoms with van der Waals surface area (Å²) < 4.78 is 4.47. The van der Waals surface area contributed by atoms with Crippen LogP contribution < -0.4 is 5.73 Å². The summed E-state index contributed by atoms with van der Waals surface area (Å²) in [5, 5.41) is 0. The van der Waals surface area contributed by atoms with Crippen LogP contribution in [0.3, 0.4) is 0 Å². The average Bonchev–Trinajstić information content (AvgIpc) is 2.18. The van der Waals surface area contributed by atoms with Crippen molar-refractivity contribution < 1.29 is 9.53 Å². The zero-order chi connectivity index (χ0) is 10.6. The van der Waals surface area contributed by atoms with Gasteiger partial charge in [-0.25, -0.2) is 4.79 Å². The smallest absolute Gasteiger partial charge is 0.332 e. The van der Waals surface area contributed by atoms with Gasteiger partial charge < -0.3 is 10.5 Å². The Morgan fingerprint density at radius 2 is 1.93 bits per heavy atom. The van der Waals surface area contributed by atoms with E-state index < -0.39 is 5.97 Å². The van der Waals surface area contributed by atoms with Crippen LogP contribution in [0, 0.1) is 6.92 Å². The first-order valence-electron chi connectivity index (χ1n) is 4.25. The molecule has 0 saturated carbocycles. The van der Waals surface area contributed by atoms with Crippen LogP contribution in [0.4, 0.5) is 0 Å². The van der Waals surface area contributed by atoms with Gasteiger partial charge in [0, 0.05) is 11.8 Å². The highest BCUT2D eigenvalue weighted by molar-refractivity contribution is 5.90. The van der Waals surface area contributed by atoms with Gasteiger partial charge in [-0.3, -0.25) is 0 Å². The second-order valence-electron chi connectivity index (χ2n) is 2.99. The van der Waals surface area contributed by atoms with E-state index in [0.29, 0.717) is 5.70 Å². The van der Waals surface area contributed by atoms with E-state index >= 15 is 0 Å². The highest BCUT2D eigenvalue weighted by atomic mass is 16.5. The molecule has 0 aromatic heterocycles. The minimum atomic E-state index is -0.442. The maximum absolute atomic E-state index is 10.9. The van der Waals surface area contributed by atoms with E-state index in [0.717, 1.165) is 11.1 Å². The molecule has 0 fully saturated rings. The number of rotatable bonds is 2. The molecule has 0 aliphatic carbocycles. The van der Waals surface area contributed by atoms with Crippen molar-refractivity contribution in [3.05, 3.63) is 41.5 Å². The molecule has 14 heavy (non-hydrogen) atoms. The summed E-state index contributed by atoms with van der Waals surface area (Å²) in [7, 11) is 1.32. The summed E-state index contributed by atoms with van der Waals surface area (Å²) in [5.74, 6) is -0.442. The Hall–Kier alpha value is -1.77. The zero-order valence-electron chi connectivity index (χ0n) is 8.28. The van der Waals surface area contributed by atoms with Gasteiger partial charge in [0.1, 0.15) is 0 Å². The van der Waals surface area contributed by atoms with Gasteiger partial charge in [-0.05, 0) is 12.5 Å². The van der Waals surface area contributed by atoms with Crippen LogP contribution >= 0.6 is 0 Å². The Labute approximate surface area is 83.2 Å². The molecule has 2 N–H and O–H groups in total. The number of benzene rings is 1. The van der Waals surface area contributed by atoms with Gasteiger partial charge >= 0.3 is 5.97 Å². The SMILES string of the molecule is COC(=O)/C=C(\N)c1ccc(C)cc1. The van der Waals surface area contributed by atoms with Gasteiger partial charge in [0.2, 0.25) is 0 Å². The molecule has 0 amide bonds. The lowest BCUT2D eigenvalue weighted by Gasteiger charge is -2.01. The number of nitrogens with two attached hydrogens (primary N) is 1. The van der Waals surface area contributed by atoms with Gasteiger partial charge in [0.05, 0.1) is 7.11 Å². The van der Waals surface area contributed by atoms with Gasteiger partial charge in [0.15, 0.2) is 0 Å². The number of carbonyl (C=O) groups is 1. The van der Waals surface area contributed by atoms with Crippen molar-refractivity contribution in [2.24, 2.45) is 5.73 Å². The van der Waals surface area contributed by atoms with Crippen molar-refractivity contribution in [1.82, 2.24) is 0 Å². The molecule has 0 atom stereocenters. The fraction of sp³-hybridized carbons (Fsp3) is 0.182. The lowest BCUT2D eigenvalue weighted by Crippen LogP contribution is -2.02. The van der Waals surface area contributed by atoms with Crippen molar-refractivity contribution in [2.75, 3.05) is 7.11 Å². The maximum Gasteiger partial charge on any atom is 0.332 e. The number of hydrogen-bond donors (Lipinski definition) is 1. The third-order valence-corrected chi connectivity index (χ3v) is 1.86. The summed E-state index contributed by atoms with van der Waals surface area (Å²) in [5.41, 5.74) is 8.07. The first-order chi connectivity index (χ1) is 6.63. The van der Waals surface area contributed by atoms with Crippen LogP contribution in [0.15, 0.2) is 30.3 Å². The minimum absolute atomic E-state index is 0.414. The number of hydrogen-bond acceptors (Lipinski definition) is 3. The van der Waals surface area contributed by atoms with E-state index in [2.05, 4.69) is 4.74 Å². The molecule has 74 valence electrons. The number of ether oxygens (including phenoxy) is 1. The number of aryl methyl sites for hydroxylation is 1. The fourth-order valence-electron chi connectivity index (χ4n) is 1.02. The summed E-state index contributed by atoms with van der Waals surface area (Å²) in [6.45, 7) is 1.99. The van der Waals surface area contributed by atoms with Crippen LogP contribution in [0.2, 0.25) is 0 Å².